The van der Waals surface area contributed by atoms with Crippen molar-refractivity contribution >= 4 is 43.5 Å². The first-order valence-corrected chi connectivity index (χ1v) is 14.5. The maximum Gasteiger partial charge on any atom is 0.302 e. The van der Waals surface area contributed by atoms with Crippen LogP contribution in [-0.2, 0) is 24.1 Å². The van der Waals surface area contributed by atoms with Gasteiger partial charge in [0.1, 0.15) is 28.4 Å². The van der Waals surface area contributed by atoms with Crippen molar-refractivity contribution in [2.24, 2.45) is 4.99 Å². The number of thioether (sulfide) groups is 1. The zero-order chi connectivity index (χ0) is 26.6. The third-order valence-corrected chi connectivity index (χ3v) is 7.99. The van der Waals surface area contributed by atoms with E-state index in [1.165, 1.54) is 25.3 Å². The molecule has 0 radical (unpaired) electrons. The van der Waals surface area contributed by atoms with Crippen LogP contribution in [0.3, 0.4) is 0 Å². The van der Waals surface area contributed by atoms with Crippen LogP contribution in [0.5, 0.6) is 17.2 Å². The minimum atomic E-state index is -3.29. The third-order valence-electron chi connectivity index (χ3n) is 5.58. The molecule has 0 fully saturated rings. The second-order valence-electron chi connectivity index (χ2n) is 8.81. The van der Waals surface area contributed by atoms with Gasteiger partial charge in [0.05, 0.1) is 35.9 Å². The summed E-state index contributed by atoms with van der Waals surface area (Å²) in [7, 11) is -1.67. The lowest BCUT2D eigenvalue weighted by Gasteiger charge is -2.16. The Labute approximate surface area is 220 Å². The Bertz CT molecular complexity index is 1400. The molecule has 0 bridgehead atoms. The fourth-order valence-electron chi connectivity index (χ4n) is 3.88. The average Bonchev–Trinajstić information content (AvgIpc) is 3.46. The molecule has 37 heavy (non-hydrogen) atoms. The maximum atomic E-state index is 11.8. The number of hydrogen-bond acceptors (Lipinski definition) is 9. The number of carbonyl (C=O) groups is 1. The number of H-pyrrole nitrogens is 1. The predicted octanol–water partition coefficient (Wildman–Crippen LogP) is 4.59. The van der Waals surface area contributed by atoms with E-state index < -0.39 is 9.84 Å². The van der Waals surface area contributed by atoms with Crippen LogP contribution >= 0.6 is 11.8 Å². The third kappa shape index (κ3) is 7.06. The Hall–Kier alpha value is -3.02. The number of aromatic nitrogens is 1. The van der Waals surface area contributed by atoms with Crippen LogP contribution in [0.2, 0.25) is 0 Å². The highest BCUT2D eigenvalue weighted by Gasteiger charge is 2.23. The van der Waals surface area contributed by atoms with E-state index in [0.717, 1.165) is 28.1 Å². The molecule has 1 aliphatic heterocycles. The number of ether oxygens (including phenoxy) is 4. The van der Waals surface area contributed by atoms with Gasteiger partial charge in [0.2, 0.25) is 0 Å². The minimum absolute atomic E-state index is 0.201. The van der Waals surface area contributed by atoms with Crippen LogP contribution in [0.1, 0.15) is 26.0 Å². The minimum Gasteiger partial charge on any atom is -0.486 e. The number of benzene rings is 2. The highest BCUT2D eigenvalue weighted by atomic mass is 32.2. The van der Waals surface area contributed by atoms with Gasteiger partial charge < -0.3 is 23.9 Å². The predicted molar refractivity (Wildman–Crippen MR) is 144 cm³/mol. The lowest BCUT2D eigenvalue weighted by atomic mass is 10.2. The number of carbonyl (C=O) groups excluding carboxylic acids is 1. The molecule has 3 aromatic rings. The molecule has 1 aliphatic rings. The molecule has 0 saturated heterocycles. The zero-order valence-corrected chi connectivity index (χ0v) is 22.8. The molecule has 1 aromatic heterocycles. The molecule has 2 aromatic carbocycles. The number of rotatable bonds is 11. The van der Waals surface area contributed by atoms with Gasteiger partial charge >= 0.3 is 5.97 Å². The van der Waals surface area contributed by atoms with Crippen molar-refractivity contribution in [3.63, 3.8) is 0 Å². The highest BCUT2D eigenvalue weighted by Crippen LogP contribution is 2.36. The summed E-state index contributed by atoms with van der Waals surface area (Å²) in [5.74, 6) is 1.38. The molecule has 2 unspecified atom stereocenters. The van der Waals surface area contributed by atoms with Gasteiger partial charge in [0.25, 0.3) is 0 Å². The number of nitrogens with one attached hydrogen (secondary N) is 1. The Morgan fingerprint density at radius 3 is 2.62 bits per heavy atom. The number of aliphatic imine (C=N–C) groups is 1. The molecule has 4 rings (SSSR count). The molecular weight excluding hydrogens is 516 g/mol. The zero-order valence-electron chi connectivity index (χ0n) is 21.1. The largest absolute Gasteiger partial charge is 0.486 e. The Kier molecular flexibility index (Phi) is 8.46. The SMILES string of the molecule is COCC(C)Oc1cc(Oc2ccc(S(C)(=O)=O)cc2)cc2cc(C3=NCC(CCOC(C)=O)S3)[nH]c12. The fraction of sp³-hybridized carbons (Fsp3) is 0.385. The standard InChI is InChI=1S/C26H30N2O7S2/c1-16(15-32-3)34-24-13-20(35-19-5-7-22(8-6-19)37(4,30)31)11-18-12-23(28-25(18)24)26-27-14-21(36-26)9-10-33-17(2)29/h5-8,11-13,16,21,28H,9-10,14-15H2,1-4H3. The first-order valence-electron chi connectivity index (χ1n) is 11.8. The molecule has 0 spiro atoms. The van der Waals surface area contributed by atoms with Gasteiger partial charge in [0.15, 0.2) is 9.84 Å². The van der Waals surface area contributed by atoms with Gasteiger partial charge in [-0.25, -0.2) is 8.42 Å². The molecule has 198 valence electrons. The van der Waals surface area contributed by atoms with Crippen LogP contribution in [0.25, 0.3) is 10.9 Å². The van der Waals surface area contributed by atoms with Gasteiger partial charge in [-0.2, -0.15) is 0 Å². The van der Waals surface area contributed by atoms with Crippen molar-refractivity contribution in [2.45, 2.75) is 36.5 Å². The Balaban J connectivity index is 1.58. The molecular formula is C26H30N2O7S2. The lowest BCUT2D eigenvalue weighted by molar-refractivity contribution is -0.141. The molecule has 0 amide bonds. The Morgan fingerprint density at radius 1 is 1.19 bits per heavy atom. The molecule has 1 N–H and O–H groups in total. The summed E-state index contributed by atoms with van der Waals surface area (Å²) in [6, 6.07) is 12.0. The van der Waals surface area contributed by atoms with Crippen molar-refractivity contribution < 1.29 is 32.2 Å². The number of methoxy groups -OCH3 is 1. The number of esters is 1. The summed E-state index contributed by atoms with van der Waals surface area (Å²) in [4.78, 5) is 19.4. The fourth-order valence-corrected chi connectivity index (χ4v) is 5.57. The maximum absolute atomic E-state index is 11.8. The summed E-state index contributed by atoms with van der Waals surface area (Å²) < 4.78 is 46.0. The van der Waals surface area contributed by atoms with Gasteiger partial charge in [-0.05, 0) is 49.7 Å². The number of fused-ring (bicyclic) bond motifs is 1. The Morgan fingerprint density at radius 2 is 1.95 bits per heavy atom. The number of aromatic amines is 1. The van der Waals surface area contributed by atoms with E-state index >= 15 is 0 Å². The van der Waals surface area contributed by atoms with Crippen LogP contribution < -0.4 is 9.47 Å². The van der Waals surface area contributed by atoms with E-state index in [4.69, 9.17) is 18.9 Å². The summed E-state index contributed by atoms with van der Waals surface area (Å²) in [5.41, 5.74) is 1.68. The second-order valence-corrected chi connectivity index (χ2v) is 12.1. The van der Waals surface area contributed by atoms with E-state index in [0.29, 0.717) is 37.0 Å². The van der Waals surface area contributed by atoms with Gasteiger partial charge in [-0.15, -0.1) is 0 Å². The topological polar surface area (TPSA) is 116 Å². The summed E-state index contributed by atoms with van der Waals surface area (Å²) in [6.45, 7) is 4.78. The normalized spacial score (nSPS) is 16.4. The van der Waals surface area contributed by atoms with E-state index in [2.05, 4.69) is 9.98 Å². The van der Waals surface area contributed by atoms with E-state index in [1.807, 2.05) is 19.1 Å². The lowest BCUT2D eigenvalue weighted by Crippen LogP contribution is -2.18. The summed E-state index contributed by atoms with van der Waals surface area (Å²) >= 11 is 1.65. The van der Waals surface area contributed by atoms with E-state index in [1.54, 1.807) is 37.1 Å². The van der Waals surface area contributed by atoms with Gasteiger partial charge in [-0.3, -0.25) is 9.79 Å². The number of nitrogens with zero attached hydrogens (tertiary/aromatic N) is 1. The van der Waals surface area contributed by atoms with Gasteiger partial charge in [-0.1, -0.05) is 11.8 Å². The summed E-state index contributed by atoms with van der Waals surface area (Å²) in [5, 5.41) is 2.01. The average molecular weight is 547 g/mol. The van der Waals surface area contributed by atoms with Crippen molar-refractivity contribution in [3.8, 4) is 17.2 Å². The molecule has 0 aliphatic carbocycles. The second kappa shape index (κ2) is 11.6. The molecule has 11 heteroatoms. The smallest absolute Gasteiger partial charge is 0.302 e. The molecule has 9 nitrogen and oxygen atoms in total. The monoisotopic (exact) mass is 546 g/mol. The number of sulfone groups is 1. The summed E-state index contributed by atoms with van der Waals surface area (Å²) in [6.07, 6.45) is 1.70. The van der Waals surface area contributed by atoms with Crippen molar-refractivity contribution in [1.29, 1.82) is 0 Å². The first-order chi connectivity index (χ1) is 17.6. The van der Waals surface area contributed by atoms with Crippen LogP contribution in [-0.4, -0.2) is 68.9 Å². The number of hydrogen-bond donors (Lipinski definition) is 1. The van der Waals surface area contributed by atoms with E-state index in [-0.39, 0.29) is 22.2 Å². The first kappa shape index (κ1) is 27.0. The van der Waals surface area contributed by atoms with Crippen LogP contribution in [0.4, 0.5) is 0 Å². The van der Waals surface area contributed by atoms with Gasteiger partial charge in [0, 0.05) is 37.0 Å². The van der Waals surface area contributed by atoms with Crippen LogP contribution in [0.15, 0.2) is 52.4 Å². The highest BCUT2D eigenvalue weighted by molar-refractivity contribution is 8.15. The molecule has 2 heterocycles. The quantitative estimate of drug-likeness (QED) is 0.347. The van der Waals surface area contributed by atoms with Crippen molar-refractivity contribution in [2.75, 3.05) is 33.1 Å². The molecule has 2 atom stereocenters. The van der Waals surface area contributed by atoms with E-state index in [9.17, 15) is 13.2 Å². The van der Waals surface area contributed by atoms with Crippen LogP contribution in [0, 0.1) is 0 Å². The van der Waals surface area contributed by atoms with Crippen molar-refractivity contribution in [3.05, 3.63) is 48.2 Å². The molecule has 0 saturated carbocycles. The van der Waals surface area contributed by atoms with Crippen molar-refractivity contribution in [1.82, 2.24) is 4.98 Å².